The molecular weight excluding hydrogens is 448 g/mol. The molecule has 1 aromatic rings. The summed E-state index contributed by atoms with van der Waals surface area (Å²) in [7, 11) is 0. The topological polar surface area (TPSA) is 78.4 Å². The summed E-state index contributed by atoms with van der Waals surface area (Å²) in [6.45, 7) is 20.3. The summed E-state index contributed by atoms with van der Waals surface area (Å²) in [5.41, 5.74) is 2.34. The number of rotatable bonds is 4. The molecule has 0 heterocycles. The van der Waals surface area contributed by atoms with Crippen molar-refractivity contribution in [1.29, 1.82) is 0 Å². The number of aliphatic hydroxyl groups excluding tert-OH is 1. The molecule has 0 fully saturated rings. The molecular formula is C31H46N2O3. The highest BCUT2D eigenvalue weighted by Gasteiger charge is 2.21. The van der Waals surface area contributed by atoms with Crippen LogP contribution in [-0.2, 0) is 11.2 Å². The van der Waals surface area contributed by atoms with Gasteiger partial charge in [-0.15, -0.1) is 0 Å². The highest BCUT2D eigenvalue weighted by atomic mass is 16.3. The lowest BCUT2D eigenvalue weighted by atomic mass is 9.95. The summed E-state index contributed by atoms with van der Waals surface area (Å²) in [6, 6.07) is 7.21. The van der Waals surface area contributed by atoms with Gasteiger partial charge in [0, 0.05) is 34.2 Å². The molecule has 0 spiro atoms. The Morgan fingerprint density at radius 3 is 2.00 bits per heavy atom. The molecule has 0 bridgehead atoms. The van der Waals surface area contributed by atoms with Crippen LogP contribution in [0.3, 0.4) is 0 Å². The Balaban J connectivity index is 0.00000118. The molecule has 198 valence electrons. The molecule has 0 aliphatic heterocycles. The SMILES string of the molecule is CC(C)(C)C.CC(C)(C)NC(=O)C1=C(C#CC(O)Cc2ccccc2C(=O)NC(C)(C)C)C=CCC1. The Labute approximate surface area is 218 Å². The summed E-state index contributed by atoms with van der Waals surface area (Å²) in [4.78, 5) is 25.2. The quantitative estimate of drug-likeness (QED) is 0.467. The van der Waals surface area contributed by atoms with Crippen LogP contribution in [0.1, 0.15) is 98.0 Å². The van der Waals surface area contributed by atoms with Crippen molar-refractivity contribution in [3.05, 3.63) is 58.7 Å². The predicted octanol–water partition coefficient (Wildman–Crippen LogP) is 5.74. The molecule has 5 heteroatoms. The van der Waals surface area contributed by atoms with Crippen molar-refractivity contribution in [3.63, 3.8) is 0 Å². The van der Waals surface area contributed by atoms with Crippen molar-refractivity contribution >= 4 is 11.8 Å². The van der Waals surface area contributed by atoms with E-state index in [1.54, 1.807) is 12.1 Å². The van der Waals surface area contributed by atoms with Crippen LogP contribution in [0.15, 0.2) is 47.6 Å². The van der Waals surface area contributed by atoms with Crippen LogP contribution in [-0.4, -0.2) is 34.1 Å². The Morgan fingerprint density at radius 2 is 1.44 bits per heavy atom. The van der Waals surface area contributed by atoms with Crippen LogP contribution < -0.4 is 10.6 Å². The fourth-order valence-corrected chi connectivity index (χ4v) is 3.18. The first kappa shape index (κ1) is 31.2. The summed E-state index contributed by atoms with van der Waals surface area (Å²) in [6.07, 6.45) is 4.49. The maximum Gasteiger partial charge on any atom is 0.251 e. The number of carbonyl (C=O) groups excluding carboxylic acids is 2. The molecule has 0 radical (unpaired) electrons. The molecule has 1 atom stereocenters. The predicted molar refractivity (Wildman–Crippen MR) is 150 cm³/mol. The first-order valence-electron chi connectivity index (χ1n) is 12.7. The maximum absolute atomic E-state index is 12.6. The summed E-state index contributed by atoms with van der Waals surface area (Å²) >= 11 is 0. The van der Waals surface area contributed by atoms with Crippen molar-refractivity contribution in [1.82, 2.24) is 10.6 Å². The zero-order chi connectivity index (χ0) is 27.7. The molecule has 36 heavy (non-hydrogen) atoms. The van der Waals surface area contributed by atoms with Gasteiger partial charge in [0.05, 0.1) is 0 Å². The van der Waals surface area contributed by atoms with Crippen LogP contribution in [0.2, 0.25) is 0 Å². The summed E-state index contributed by atoms with van der Waals surface area (Å²) < 4.78 is 0. The lowest BCUT2D eigenvalue weighted by Crippen LogP contribution is -2.41. The third-order valence-corrected chi connectivity index (χ3v) is 4.47. The smallest absolute Gasteiger partial charge is 0.251 e. The Bertz CT molecular complexity index is 1030. The van der Waals surface area contributed by atoms with E-state index in [2.05, 4.69) is 50.2 Å². The normalized spacial score (nSPS) is 14.6. The van der Waals surface area contributed by atoms with Gasteiger partial charge in [0.2, 0.25) is 5.91 Å². The molecule has 1 unspecified atom stereocenters. The largest absolute Gasteiger partial charge is 0.380 e. The van der Waals surface area contributed by atoms with E-state index < -0.39 is 6.10 Å². The number of carbonyl (C=O) groups is 2. The van der Waals surface area contributed by atoms with Crippen molar-refractivity contribution < 1.29 is 14.7 Å². The maximum atomic E-state index is 12.6. The third kappa shape index (κ3) is 13.3. The highest BCUT2D eigenvalue weighted by molar-refractivity contribution is 5.97. The molecule has 1 aromatic carbocycles. The molecule has 2 rings (SSSR count). The number of benzene rings is 1. The van der Waals surface area contributed by atoms with Crippen LogP contribution in [0.4, 0.5) is 0 Å². The monoisotopic (exact) mass is 494 g/mol. The van der Waals surface area contributed by atoms with E-state index in [0.29, 0.717) is 28.5 Å². The second-order valence-electron chi connectivity index (χ2n) is 12.9. The molecule has 3 N–H and O–H groups in total. The molecule has 1 aliphatic carbocycles. The van der Waals surface area contributed by atoms with Gasteiger partial charge < -0.3 is 15.7 Å². The van der Waals surface area contributed by atoms with E-state index >= 15 is 0 Å². The van der Waals surface area contributed by atoms with E-state index in [4.69, 9.17) is 0 Å². The number of allylic oxidation sites excluding steroid dienone is 3. The van der Waals surface area contributed by atoms with Gasteiger partial charge >= 0.3 is 0 Å². The third-order valence-electron chi connectivity index (χ3n) is 4.47. The minimum absolute atomic E-state index is 0.125. The first-order valence-corrected chi connectivity index (χ1v) is 12.7. The van der Waals surface area contributed by atoms with E-state index in [1.165, 1.54) is 0 Å². The minimum Gasteiger partial charge on any atom is -0.380 e. The van der Waals surface area contributed by atoms with E-state index in [-0.39, 0.29) is 29.3 Å². The second-order valence-corrected chi connectivity index (χ2v) is 12.9. The highest BCUT2D eigenvalue weighted by Crippen LogP contribution is 2.20. The number of hydrogen-bond donors (Lipinski definition) is 3. The molecule has 0 saturated carbocycles. The molecule has 2 amide bonds. The lowest BCUT2D eigenvalue weighted by Gasteiger charge is -2.22. The minimum atomic E-state index is -0.960. The van der Waals surface area contributed by atoms with Gasteiger partial charge in [0.25, 0.3) is 5.91 Å². The average molecular weight is 495 g/mol. The number of hydrogen-bond acceptors (Lipinski definition) is 3. The molecule has 1 aliphatic rings. The number of amides is 2. The molecule has 0 saturated heterocycles. The van der Waals surface area contributed by atoms with Crippen LogP contribution >= 0.6 is 0 Å². The van der Waals surface area contributed by atoms with Crippen LogP contribution in [0, 0.1) is 17.3 Å². The van der Waals surface area contributed by atoms with Gasteiger partial charge in [-0.2, -0.15) is 0 Å². The number of aliphatic hydroxyl groups is 1. The van der Waals surface area contributed by atoms with E-state index in [1.807, 2.05) is 65.8 Å². The fraction of sp³-hybridized carbons (Fsp3) is 0.548. The van der Waals surface area contributed by atoms with Crippen molar-refractivity contribution in [2.45, 2.75) is 106 Å². The lowest BCUT2D eigenvalue weighted by molar-refractivity contribution is -0.119. The van der Waals surface area contributed by atoms with Crippen LogP contribution in [0.25, 0.3) is 0 Å². The Kier molecular flexibility index (Phi) is 11.2. The zero-order valence-electron chi connectivity index (χ0n) is 23.9. The van der Waals surface area contributed by atoms with E-state index in [9.17, 15) is 14.7 Å². The van der Waals surface area contributed by atoms with Crippen molar-refractivity contribution in [2.24, 2.45) is 5.41 Å². The average Bonchev–Trinajstić information content (AvgIpc) is 2.69. The zero-order valence-corrected chi connectivity index (χ0v) is 23.9. The van der Waals surface area contributed by atoms with Crippen molar-refractivity contribution in [2.75, 3.05) is 0 Å². The van der Waals surface area contributed by atoms with Gasteiger partial charge in [-0.25, -0.2) is 0 Å². The number of nitrogens with one attached hydrogen (secondary N) is 2. The van der Waals surface area contributed by atoms with Gasteiger partial charge in [-0.1, -0.05) is 69.9 Å². The van der Waals surface area contributed by atoms with Gasteiger partial charge in [0.1, 0.15) is 6.10 Å². The second kappa shape index (κ2) is 12.9. The van der Waals surface area contributed by atoms with E-state index in [0.717, 1.165) is 12.0 Å². The Hall–Kier alpha value is -2.84. The van der Waals surface area contributed by atoms with Crippen LogP contribution in [0.5, 0.6) is 0 Å². The standard InChI is InChI=1S/C26H34N2O3.C5H12/c1-25(2,3)27-23(30)21-13-9-7-11-18(21)15-16-20(29)17-19-12-8-10-14-22(19)24(31)28-26(4,5)6;1-5(2,3)4/h7-8,10-12,14,20,29H,9,13,17H2,1-6H3,(H,27,30)(H,28,31);1-4H3. The molecule has 5 nitrogen and oxygen atoms in total. The fourth-order valence-electron chi connectivity index (χ4n) is 3.18. The summed E-state index contributed by atoms with van der Waals surface area (Å²) in [5.74, 6) is 5.52. The first-order chi connectivity index (χ1) is 16.4. The Morgan fingerprint density at radius 1 is 0.917 bits per heavy atom. The van der Waals surface area contributed by atoms with Gasteiger partial charge in [0.15, 0.2) is 0 Å². The van der Waals surface area contributed by atoms with Gasteiger partial charge in [-0.05, 0) is 71.4 Å². The van der Waals surface area contributed by atoms with Crippen molar-refractivity contribution in [3.8, 4) is 11.8 Å². The van der Waals surface area contributed by atoms with Gasteiger partial charge in [-0.3, -0.25) is 9.59 Å². The summed E-state index contributed by atoms with van der Waals surface area (Å²) in [5, 5.41) is 16.5. The molecule has 0 aromatic heterocycles.